The van der Waals surface area contributed by atoms with E-state index >= 15 is 0 Å². The first-order valence-corrected chi connectivity index (χ1v) is 5.07. The van der Waals surface area contributed by atoms with Gasteiger partial charge in [0.2, 0.25) is 0 Å². The van der Waals surface area contributed by atoms with Crippen molar-refractivity contribution in [3.05, 3.63) is 27.3 Å². The van der Waals surface area contributed by atoms with E-state index in [1.807, 2.05) is 12.1 Å². The highest BCUT2D eigenvalue weighted by Crippen LogP contribution is 2.31. The molecule has 3 heteroatoms. The lowest BCUT2D eigenvalue weighted by Gasteiger charge is -2.28. The summed E-state index contributed by atoms with van der Waals surface area (Å²) in [5, 5.41) is 12.8. The van der Waals surface area contributed by atoms with Gasteiger partial charge in [0.1, 0.15) is 5.75 Å². The van der Waals surface area contributed by atoms with Crippen LogP contribution >= 0.6 is 22.6 Å². The van der Waals surface area contributed by atoms with Crippen LogP contribution < -0.4 is 5.32 Å². The molecule has 0 spiro atoms. The molecule has 0 amide bonds. The van der Waals surface area contributed by atoms with Gasteiger partial charge in [0.05, 0.1) is 0 Å². The molecule has 1 aliphatic heterocycles. The quantitative estimate of drug-likeness (QED) is 0.769. The Morgan fingerprint density at radius 2 is 2.25 bits per heavy atom. The molecule has 1 fully saturated rings. The number of phenols is 1. The van der Waals surface area contributed by atoms with Crippen molar-refractivity contribution in [3.63, 3.8) is 0 Å². The van der Waals surface area contributed by atoms with Crippen molar-refractivity contribution in [1.82, 2.24) is 5.32 Å². The average molecular weight is 275 g/mol. The molecule has 2 nitrogen and oxygen atoms in total. The summed E-state index contributed by atoms with van der Waals surface area (Å²) in [6.07, 6.45) is 1.13. The molecule has 12 heavy (non-hydrogen) atoms. The summed E-state index contributed by atoms with van der Waals surface area (Å²) >= 11 is 2.20. The highest BCUT2D eigenvalue weighted by Gasteiger charge is 2.20. The molecular weight excluding hydrogens is 265 g/mol. The summed E-state index contributed by atoms with van der Waals surface area (Å²) in [4.78, 5) is 0. The molecule has 1 unspecified atom stereocenters. The Morgan fingerprint density at radius 3 is 2.75 bits per heavy atom. The van der Waals surface area contributed by atoms with Crippen molar-refractivity contribution in [2.45, 2.75) is 12.5 Å². The van der Waals surface area contributed by atoms with Crippen LogP contribution in [0.25, 0.3) is 0 Å². The maximum atomic E-state index is 9.58. The first-order chi connectivity index (χ1) is 5.77. The van der Waals surface area contributed by atoms with Crippen LogP contribution in [0.3, 0.4) is 0 Å². The van der Waals surface area contributed by atoms with Crippen LogP contribution in [-0.4, -0.2) is 11.7 Å². The van der Waals surface area contributed by atoms with Crippen molar-refractivity contribution in [3.8, 4) is 5.75 Å². The molecular formula is C9H10INO. The Labute approximate surface area is 85.1 Å². The monoisotopic (exact) mass is 275 g/mol. The molecule has 0 aromatic heterocycles. The van der Waals surface area contributed by atoms with Crippen LogP contribution in [0.15, 0.2) is 18.2 Å². The highest BCUT2D eigenvalue weighted by molar-refractivity contribution is 14.1. The maximum absolute atomic E-state index is 9.58. The summed E-state index contributed by atoms with van der Waals surface area (Å²) in [7, 11) is 0. The summed E-state index contributed by atoms with van der Waals surface area (Å²) in [6.45, 7) is 1.07. The SMILES string of the molecule is Oc1cc(I)ccc1C1CCN1. The topological polar surface area (TPSA) is 32.3 Å². The molecule has 0 saturated carbocycles. The Balaban J connectivity index is 2.31. The third-order valence-electron chi connectivity index (χ3n) is 2.19. The summed E-state index contributed by atoms with van der Waals surface area (Å²) < 4.78 is 1.08. The van der Waals surface area contributed by atoms with E-state index in [2.05, 4.69) is 27.9 Å². The van der Waals surface area contributed by atoms with Gasteiger partial charge in [-0.15, -0.1) is 0 Å². The van der Waals surface area contributed by atoms with Crippen molar-refractivity contribution < 1.29 is 5.11 Å². The molecule has 1 aromatic rings. The molecule has 1 aliphatic rings. The predicted octanol–water partition coefficient (Wildman–Crippen LogP) is 2.03. The van der Waals surface area contributed by atoms with E-state index in [0.29, 0.717) is 11.8 Å². The van der Waals surface area contributed by atoms with Crippen molar-refractivity contribution in [2.75, 3.05) is 6.54 Å². The molecule has 0 bridgehead atoms. The number of halogens is 1. The van der Waals surface area contributed by atoms with Crippen LogP contribution in [-0.2, 0) is 0 Å². The molecule has 0 radical (unpaired) electrons. The van der Waals surface area contributed by atoms with Crippen molar-refractivity contribution in [2.24, 2.45) is 0 Å². The molecule has 2 rings (SSSR count). The van der Waals surface area contributed by atoms with Gasteiger partial charge in [0.25, 0.3) is 0 Å². The Kier molecular flexibility index (Phi) is 2.23. The van der Waals surface area contributed by atoms with Gasteiger partial charge in [-0.2, -0.15) is 0 Å². The van der Waals surface area contributed by atoms with E-state index in [9.17, 15) is 5.11 Å². The van der Waals surface area contributed by atoms with Crippen molar-refractivity contribution in [1.29, 1.82) is 0 Å². The minimum Gasteiger partial charge on any atom is -0.508 e. The van der Waals surface area contributed by atoms with E-state index in [0.717, 1.165) is 22.1 Å². The first-order valence-electron chi connectivity index (χ1n) is 3.99. The average Bonchev–Trinajstić information content (AvgIpc) is 1.91. The minimum atomic E-state index is 0.377. The molecule has 64 valence electrons. The lowest BCUT2D eigenvalue weighted by Crippen LogP contribution is -2.34. The molecule has 0 aliphatic carbocycles. The van der Waals surface area contributed by atoms with Gasteiger partial charge in [-0.25, -0.2) is 0 Å². The second-order valence-electron chi connectivity index (χ2n) is 3.00. The van der Waals surface area contributed by atoms with Gasteiger partial charge in [0, 0.05) is 15.2 Å². The maximum Gasteiger partial charge on any atom is 0.121 e. The lowest BCUT2D eigenvalue weighted by atomic mass is 9.97. The second-order valence-corrected chi connectivity index (χ2v) is 4.24. The van der Waals surface area contributed by atoms with E-state index < -0.39 is 0 Å². The summed E-state index contributed by atoms with van der Waals surface area (Å²) in [6, 6.07) is 6.20. The summed E-state index contributed by atoms with van der Waals surface area (Å²) in [5.74, 6) is 0.416. The molecule has 2 N–H and O–H groups in total. The lowest BCUT2D eigenvalue weighted by molar-refractivity contribution is 0.364. The van der Waals surface area contributed by atoms with E-state index in [4.69, 9.17) is 0 Å². The van der Waals surface area contributed by atoms with Gasteiger partial charge in [0.15, 0.2) is 0 Å². The Bertz CT molecular complexity index is 297. The number of aromatic hydroxyl groups is 1. The number of hydrogen-bond donors (Lipinski definition) is 2. The third kappa shape index (κ3) is 1.43. The van der Waals surface area contributed by atoms with Crippen LogP contribution in [0.4, 0.5) is 0 Å². The van der Waals surface area contributed by atoms with Crippen LogP contribution in [0.1, 0.15) is 18.0 Å². The standard InChI is InChI=1S/C9H10INO/c10-6-1-2-7(9(12)5-6)8-3-4-11-8/h1-2,5,8,11-12H,3-4H2. The molecule has 1 atom stereocenters. The third-order valence-corrected chi connectivity index (χ3v) is 2.86. The van der Waals surface area contributed by atoms with Gasteiger partial charge < -0.3 is 10.4 Å². The number of rotatable bonds is 1. The van der Waals surface area contributed by atoms with E-state index in [-0.39, 0.29) is 0 Å². The molecule has 1 heterocycles. The first kappa shape index (κ1) is 8.31. The van der Waals surface area contributed by atoms with E-state index in [1.54, 1.807) is 6.07 Å². The van der Waals surface area contributed by atoms with Gasteiger partial charge in [-0.3, -0.25) is 0 Å². The zero-order chi connectivity index (χ0) is 8.55. The highest BCUT2D eigenvalue weighted by atomic mass is 127. The predicted molar refractivity (Wildman–Crippen MR) is 56.2 cm³/mol. The molecule has 1 aromatic carbocycles. The van der Waals surface area contributed by atoms with Crippen LogP contribution in [0.2, 0.25) is 0 Å². The van der Waals surface area contributed by atoms with E-state index in [1.165, 1.54) is 0 Å². The number of nitrogens with one attached hydrogen (secondary N) is 1. The number of benzene rings is 1. The minimum absolute atomic E-state index is 0.377. The molecule has 1 saturated heterocycles. The van der Waals surface area contributed by atoms with Gasteiger partial charge in [-0.1, -0.05) is 6.07 Å². The van der Waals surface area contributed by atoms with Crippen LogP contribution in [0.5, 0.6) is 5.75 Å². The Hall–Kier alpha value is -0.290. The number of hydrogen-bond acceptors (Lipinski definition) is 2. The van der Waals surface area contributed by atoms with Gasteiger partial charge in [-0.05, 0) is 47.7 Å². The summed E-state index contributed by atoms with van der Waals surface area (Å²) in [5.41, 5.74) is 1.03. The fraction of sp³-hybridized carbons (Fsp3) is 0.333. The zero-order valence-corrected chi connectivity index (χ0v) is 8.71. The number of phenolic OH excluding ortho intramolecular Hbond substituents is 1. The fourth-order valence-corrected chi connectivity index (χ4v) is 1.84. The normalized spacial score (nSPS) is 21.9. The van der Waals surface area contributed by atoms with Gasteiger partial charge >= 0.3 is 0 Å². The van der Waals surface area contributed by atoms with Crippen LogP contribution in [0, 0.1) is 3.57 Å². The zero-order valence-electron chi connectivity index (χ0n) is 6.55. The largest absolute Gasteiger partial charge is 0.508 e. The smallest absolute Gasteiger partial charge is 0.121 e. The van der Waals surface area contributed by atoms with Crippen molar-refractivity contribution >= 4 is 22.6 Å². The fourth-order valence-electron chi connectivity index (χ4n) is 1.37. The second kappa shape index (κ2) is 3.22. The Morgan fingerprint density at radius 1 is 1.50 bits per heavy atom.